The maximum Gasteiger partial charge on any atom is 0.225 e. The van der Waals surface area contributed by atoms with Crippen molar-refractivity contribution >= 4 is 11.6 Å². The average molecular weight is 290 g/mol. The Hall–Kier alpha value is -2.41. The second-order valence-corrected chi connectivity index (χ2v) is 4.44. The van der Waals surface area contributed by atoms with Crippen LogP contribution in [-0.4, -0.2) is 29.6 Å². The maximum absolute atomic E-state index is 11.6. The van der Waals surface area contributed by atoms with Crippen LogP contribution < -0.4 is 15.4 Å². The number of hydrogen-bond donors (Lipinski definition) is 2. The van der Waals surface area contributed by atoms with Gasteiger partial charge in [0.15, 0.2) is 6.61 Å². The van der Waals surface area contributed by atoms with Gasteiger partial charge in [0.05, 0.1) is 0 Å². The van der Waals surface area contributed by atoms with Gasteiger partial charge < -0.3 is 19.9 Å². The number of nitrogens with zero attached hydrogens (tertiary/aromatic N) is 2. The summed E-state index contributed by atoms with van der Waals surface area (Å²) in [5, 5.41) is 9.48. The van der Waals surface area contributed by atoms with Crippen molar-refractivity contribution in [1.82, 2.24) is 15.5 Å². The molecule has 0 radical (unpaired) electrons. The van der Waals surface area contributed by atoms with Crippen LogP contribution in [0.15, 0.2) is 28.8 Å². The van der Waals surface area contributed by atoms with Gasteiger partial charge in [0.2, 0.25) is 17.6 Å². The first kappa shape index (κ1) is 15.0. The fraction of sp³-hybridized carbons (Fsp3) is 0.357. The predicted octanol–water partition coefficient (Wildman–Crippen LogP) is 1.51. The molecule has 2 rings (SSSR count). The predicted molar refractivity (Wildman–Crippen MR) is 77.0 cm³/mol. The van der Waals surface area contributed by atoms with Crippen LogP contribution in [0.25, 0.3) is 0 Å². The van der Waals surface area contributed by atoms with Crippen molar-refractivity contribution in [3.63, 3.8) is 0 Å². The van der Waals surface area contributed by atoms with Gasteiger partial charge >= 0.3 is 0 Å². The molecule has 0 bridgehead atoms. The normalized spacial score (nSPS) is 10.4. The summed E-state index contributed by atoms with van der Waals surface area (Å²) < 4.78 is 10.4. The van der Waals surface area contributed by atoms with E-state index in [-0.39, 0.29) is 12.5 Å². The van der Waals surface area contributed by atoms with Crippen molar-refractivity contribution in [2.75, 3.05) is 18.9 Å². The summed E-state index contributed by atoms with van der Waals surface area (Å²) in [6.07, 6.45) is 0.436. The van der Waals surface area contributed by atoms with E-state index in [4.69, 9.17) is 9.26 Å². The first-order valence-corrected chi connectivity index (χ1v) is 6.64. The Morgan fingerprint density at radius 3 is 2.71 bits per heavy atom. The highest BCUT2D eigenvalue weighted by Gasteiger charge is 2.04. The van der Waals surface area contributed by atoms with E-state index in [2.05, 4.69) is 20.8 Å². The van der Waals surface area contributed by atoms with Gasteiger partial charge in [0, 0.05) is 25.6 Å². The molecular weight excluding hydrogens is 272 g/mol. The van der Waals surface area contributed by atoms with Gasteiger partial charge in [-0.1, -0.05) is 5.16 Å². The number of hydrogen-bond acceptors (Lipinski definition) is 6. The van der Waals surface area contributed by atoms with Gasteiger partial charge in [-0.15, -0.1) is 0 Å². The average Bonchev–Trinajstić information content (AvgIpc) is 2.90. The number of amides is 1. The molecule has 1 aromatic heterocycles. The van der Waals surface area contributed by atoms with Crippen LogP contribution in [0, 0.1) is 6.92 Å². The first-order chi connectivity index (χ1) is 10.2. The molecule has 1 heterocycles. The van der Waals surface area contributed by atoms with E-state index in [9.17, 15) is 4.79 Å². The lowest BCUT2D eigenvalue weighted by atomic mass is 10.3. The number of ether oxygens (including phenoxy) is 1. The van der Waals surface area contributed by atoms with Crippen molar-refractivity contribution in [3.8, 4) is 5.75 Å². The summed E-state index contributed by atoms with van der Waals surface area (Å²) in [6, 6.07) is 7.13. The molecule has 2 aromatic rings. The van der Waals surface area contributed by atoms with E-state index in [0.29, 0.717) is 30.4 Å². The number of anilines is 1. The number of aryl methyl sites for hydroxylation is 1. The lowest BCUT2D eigenvalue weighted by Gasteiger charge is -2.07. The molecule has 7 nitrogen and oxygen atoms in total. The fourth-order valence-corrected chi connectivity index (χ4v) is 1.64. The Morgan fingerprint density at radius 2 is 2.10 bits per heavy atom. The molecule has 7 heteroatoms. The highest BCUT2D eigenvalue weighted by atomic mass is 16.5. The van der Waals surface area contributed by atoms with Crippen LogP contribution in [-0.2, 0) is 11.4 Å². The van der Waals surface area contributed by atoms with Crippen molar-refractivity contribution in [3.05, 3.63) is 36.0 Å². The number of carbonyl (C=O) groups excluding carboxylic acids is 1. The third-order valence-electron chi connectivity index (χ3n) is 2.68. The van der Waals surface area contributed by atoms with E-state index >= 15 is 0 Å². The van der Waals surface area contributed by atoms with Crippen LogP contribution in [0.5, 0.6) is 5.75 Å². The highest BCUT2D eigenvalue weighted by Crippen LogP contribution is 2.16. The lowest BCUT2D eigenvalue weighted by Crippen LogP contribution is -2.18. The van der Waals surface area contributed by atoms with Gasteiger partial charge in [0.1, 0.15) is 5.75 Å². The number of benzene rings is 1. The Morgan fingerprint density at radius 1 is 1.33 bits per heavy atom. The molecule has 0 aliphatic heterocycles. The molecule has 0 fully saturated rings. The summed E-state index contributed by atoms with van der Waals surface area (Å²) in [5.74, 6) is 1.65. The number of carbonyl (C=O) groups is 1. The van der Waals surface area contributed by atoms with Crippen LogP contribution in [0.4, 0.5) is 5.69 Å². The molecule has 0 unspecified atom stereocenters. The van der Waals surface area contributed by atoms with Crippen LogP contribution in [0.1, 0.15) is 18.1 Å². The van der Waals surface area contributed by atoms with Gasteiger partial charge in [-0.05, 0) is 31.3 Å². The molecule has 1 aromatic carbocycles. The highest BCUT2D eigenvalue weighted by molar-refractivity contribution is 5.90. The van der Waals surface area contributed by atoms with Crippen molar-refractivity contribution in [2.45, 2.75) is 20.0 Å². The molecule has 0 saturated heterocycles. The quantitative estimate of drug-likeness (QED) is 0.803. The van der Waals surface area contributed by atoms with Crippen molar-refractivity contribution < 1.29 is 14.1 Å². The minimum absolute atomic E-state index is 0.0275. The fourth-order valence-electron chi connectivity index (χ4n) is 1.64. The molecule has 0 spiro atoms. The summed E-state index contributed by atoms with van der Waals surface area (Å²) in [4.78, 5) is 15.6. The number of rotatable bonds is 7. The van der Waals surface area contributed by atoms with E-state index in [1.165, 1.54) is 0 Å². The largest absolute Gasteiger partial charge is 0.485 e. The SMILES string of the molecule is CNCCC(=O)Nc1ccc(OCc2noc(C)n2)cc1. The maximum atomic E-state index is 11.6. The molecule has 2 N–H and O–H groups in total. The Bertz CT molecular complexity index is 580. The molecule has 112 valence electrons. The Kier molecular flexibility index (Phi) is 5.28. The van der Waals surface area contributed by atoms with Crippen LogP contribution in [0.2, 0.25) is 0 Å². The first-order valence-electron chi connectivity index (χ1n) is 6.64. The number of nitrogens with one attached hydrogen (secondary N) is 2. The van der Waals surface area contributed by atoms with Crippen LogP contribution >= 0.6 is 0 Å². The third kappa shape index (κ3) is 4.88. The number of aromatic nitrogens is 2. The molecule has 1 amide bonds. The second kappa shape index (κ2) is 7.39. The zero-order valence-electron chi connectivity index (χ0n) is 12.0. The minimum Gasteiger partial charge on any atom is -0.485 e. The van der Waals surface area contributed by atoms with E-state index in [1.807, 2.05) is 7.05 Å². The Labute approximate surface area is 122 Å². The Balaban J connectivity index is 1.82. The van der Waals surface area contributed by atoms with E-state index in [0.717, 1.165) is 5.69 Å². The summed E-state index contributed by atoms with van der Waals surface area (Å²) in [5.41, 5.74) is 0.735. The monoisotopic (exact) mass is 290 g/mol. The van der Waals surface area contributed by atoms with Gasteiger partial charge in [0.25, 0.3) is 0 Å². The lowest BCUT2D eigenvalue weighted by molar-refractivity contribution is -0.116. The summed E-state index contributed by atoms with van der Waals surface area (Å²) in [7, 11) is 1.81. The topological polar surface area (TPSA) is 89.3 Å². The molecule has 0 saturated carbocycles. The molecular formula is C14H18N4O3. The molecule has 0 aliphatic carbocycles. The minimum atomic E-state index is -0.0275. The molecule has 21 heavy (non-hydrogen) atoms. The molecule has 0 atom stereocenters. The van der Waals surface area contributed by atoms with Crippen LogP contribution in [0.3, 0.4) is 0 Å². The van der Waals surface area contributed by atoms with Crippen molar-refractivity contribution in [1.29, 1.82) is 0 Å². The second-order valence-electron chi connectivity index (χ2n) is 4.44. The van der Waals surface area contributed by atoms with E-state index in [1.54, 1.807) is 31.2 Å². The third-order valence-corrected chi connectivity index (χ3v) is 2.68. The molecule has 0 aliphatic rings. The smallest absolute Gasteiger partial charge is 0.225 e. The van der Waals surface area contributed by atoms with Crippen molar-refractivity contribution in [2.24, 2.45) is 0 Å². The standard InChI is InChI=1S/C14H18N4O3/c1-10-16-13(18-21-10)9-20-12-5-3-11(4-6-12)17-14(19)7-8-15-2/h3-6,15H,7-9H2,1-2H3,(H,17,19). The summed E-state index contributed by atoms with van der Waals surface area (Å²) >= 11 is 0. The zero-order chi connectivity index (χ0) is 15.1. The van der Waals surface area contributed by atoms with Gasteiger partial charge in [-0.3, -0.25) is 4.79 Å². The van der Waals surface area contributed by atoms with E-state index < -0.39 is 0 Å². The van der Waals surface area contributed by atoms with Gasteiger partial charge in [-0.25, -0.2) is 0 Å². The van der Waals surface area contributed by atoms with Gasteiger partial charge in [-0.2, -0.15) is 4.98 Å². The summed E-state index contributed by atoms with van der Waals surface area (Å²) in [6.45, 7) is 2.62. The zero-order valence-corrected chi connectivity index (χ0v) is 12.0.